The maximum Gasteiger partial charge on any atom is 0.237 e. The smallest absolute Gasteiger partial charge is 0.237 e. The second kappa shape index (κ2) is 5.56. The van der Waals surface area contributed by atoms with Gasteiger partial charge in [0.05, 0.1) is 11.7 Å². The van der Waals surface area contributed by atoms with Crippen molar-refractivity contribution in [1.29, 1.82) is 0 Å². The Morgan fingerprint density at radius 3 is 3.20 bits per heavy atom. The van der Waals surface area contributed by atoms with Crippen molar-refractivity contribution in [2.24, 2.45) is 18.9 Å². The largest absolute Gasteiger partial charge is 0.351 e. The van der Waals surface area contributed by atoms with Crippen molar-refractivity contribution >= 4 is 5.91 Å². The fourth-order valence-corrected chi connectivity index (χ4v) is 3.80. The van der Waals surface area contributed by atoms with E-state index in [1.54, 1.807) is 0 Å². The summed E-state index contributed by atoms with van der Waals surface area (Å²) in [7, 11) is 1.92. The maximum atomic E-state index is 12.4. The Morgan fingerprint density at radius 2 is 2.40 bits per heavy atom. The van der Waals surface area contributed by atoms with Crippen LogP contribution in [0, 0.1) is 11.8 Å². The molecule has 2 N–H and O–H groups in total. The van der Waals surface area contributed by atoms with Crippen LogP contribution in [0.15, 0.2) is 6.20 Å². The third-order valence-electron chi connectivity index (χ3n) is 4.81. The number of nitrogens with zero attached hydrogens (tertiary/aromatic N) is 2. The van der Waals surface area contributed by atoms with Crippen LogP contribution in [0.2, 0.25) is 0 Å². The molecule has 110 valence electrons. The van der Waals surface area contributed by atoms with E-state index in [1.165, 1.54) is 19.3 Å². The normalized spacial score (nSPS) is 28.6. The topological polar surface area (TPSA) is 59.0 Å². The van der Waals surface area contributed by atoms with E-state index in [4.69, 9.17) is 0 Å². The van der Waals surface area contributed by atoms with Crippen LogP contribution >= 0.6 is 0 Å². The fraction of sp³-hybridized carbons (Fsp3) is 0.733. The fourth-order valence-electron chi connectivity index (χ4n) is 3.80. The van der Waals surface area contributed by atoms with Gasteiger partial charge in [0.1, 0.15) is 0 Å². The van der Waals surface area contributed by atoms with Crippen LogP contribution in [0.3, 0.4) is 0 Å². The summed E-state index contributed by atoms with van der Waals surface area (Å²) in [6.07, 6.45) is 6.66. The first-order chi connectivity index (χ1) is 9.69. The van der Waals surface area contributed by atoms with E-state index < -0.39 is 0 Å². The molecule has 1 saturated heterocycles. The molecule has 0 spiro atoms. The predicted molar refractivity (Wildman–Crippen MR) is 77.1 cm³/mol. The molecule has 2 fully saturated rings. The minimum Gasteiger partial charge on any atom is -0.351 e. The van der Waals surface area contributed by atoms with Gasteiger partial charge in [-0.05, 0) is 37.6 Å². The first-order valence-corrected chi connectivity index (χ1v) is 7.71. The second-order valence-corrected chi connectivity index (χ2v) is 6.09. The highest BCUT2D eigenvalue weighted by Gasteiger charge is 2.42. The number of fused-ring (bicyclic) bond motifs is 1. The van der Waals surface area contributed by atoms with E-state index in [1.807, 2.05) is 17.9 Å². The quantitative estimate of drug-likeness (QED) is 0.862. The molecule has 3 rings (SSSR count). The number of carbonyl (C=O) groups is 1. The van der Waals surface area contributed by atoms with Gasteiger partial charge in [-0.2, -0.15) is 5.10 Å². The number of carbonyl (C=O) groups excluding carboxylic acids is 1. The molecular formula is C15H24N4O. The van der Waals surface area contributed by atoms with Crippen molar-refractivity contribution in [2.75, 3.05) is 6.54 Å². The van der Waals surface area contributed by atoms with Gasteiger partial charge in [0.2, 0.25) is 5.91 Å². The van der Waals surface area contributed by atoms with Gasteiger partial charge in [0.25, 0.3) is 0 Å². The molecule has 1 aromatic rings. The van der Waals surface area contributed by atoms with Crippen LogP contribution in [0.1, 0.15) is 37.4 Å². The highest BCUT2D eigenvalue weighted by molar-refractivity contribution is 5.82. The zero-order chi connectivity index (χ0) is 14.1. The summed E-state index contributed by atoms with van der Waals surface area (Å²) in [6.45, 7) is 3.69. The molecule has 1 aromatic heterocycles. The molecule has 0 bridgehead atoms. The minimum absolute atomic E-state index is 0.0178. The van der Waals surface area contributed by atoms with E-state index in [-0.39, 0.29) is 11.9 Å². The van der Waals surface area contributed by atoms with E-state index in [2.05, 4.69) is 22.7 Å². The Labute approximate surface area is 120 Å². The highest BCUT2D eigenvalue weighted by Crippen LogP contribution is 2.37. The van der Waals surface area contributed by atoms with Gasteiger partial charge in [-0.15, -0.1) is 0 Å². The third kappa shape index (κ3) is 2.46. The Balaban J connectivity index is 1.59. The van der Waals surface area contributed by atoms with E-state index in [9.17, 15) is 4.79 Å². The number of rotatable bonds is 4. The molecule has 20 heavy (non-hydrogen) atoms. The van der Waals surface area contributed by atoms with Crippen molar-refractivity contribution in [2.45, 2.75) is 45.2 Å². The van der Waals surface area contributed by atoms with Gasteiger partial charge in [0.15, 0.2) is 0 Å². The first kappa shape index (κ1) is 13.6. The highest BCUT2D eigenvalue weighted by atomic mass is 16.2. The molecule has 1 saturated carbocycles. The average molecular weight is 276 g/mol. The van der Waals surface area contributed by atoms with Crippen molar-refractivity contribution < 1.29 is 4.79 Å². The zero-order valence-electron chi connectivity index (χ0n) is 12.4. The SMILES string of the molecule is CCc1nn(C)cc1CNC(=O)C1NCC2CCCC21. The third-order valence-corrected chi connectivity index (χ3v) is 4.81. The summed E-state index contributed by atoms with van der Waals surface area (Å²) >= 11 is 0. The van der Waals surface area contributed by atoms with Gasteiger partial charge >= 0.3 is 0 Å². The lowest BCUT2D eigenvalue weighted by molar-refractivity contribution is -0.123. The lowest BCUT2D eigenvalue weighted by Gasteiger charge is -2.17. The molecule has 0 aromatic carbocycles. The van der Waals surface area contributed by atoms with Gasteiger partial charge in [-0.3, -0.25) is 9.48 Å². The van der Waals surface area contributed by atoms with Gasteiger partial charge in [0, 0.05) is 25.4 Å². The second-order valence-electron chi connectivity index (χ2n) is 6.09. The summed E-state index contributed by atoms with van der Waals surface area (Å²) in [4.78, 5) is 12.4. The maximum absolute atomic E-state index is 12.4. The van der Waals surface area contributed by atoms with Gasteiger partial charge in [-0.25, -0.2) is 0 Å². The zero-order valence-corrected chi connectivity index (χ0v) is 12.4. The Morgan fingerprint density at radius 1 is 1.55 bits per heavy atom. The number of hydrogen-bond donors (Lipinski definition) is 2. The van der Waals surface area contributed by atoms with E-state index >= 15 is 0 Å². The van der Waals surface area contributed by atoms with E-state index in [0.717, 1.165) is 30.1 Å². The van der Waals surface area contributed by atoms with Crippen LogP contribution in [0.25, 0.3) is 0 Å². The number of hydrogen-bond acceptors (Lipinski definition) is 3. The summed E-state index contributed by atoms with van der Waals surface area (Å²) in [5.74, 6) is 1.43. The van der Waals surface area contributed by atoms with Crippen LogP contribution in [-0.2, 0) is 24.8 Å². The van der Waals surface area contributed by atoms with Crippen LogP contribution in [-0.4, -0.2) is 28.3 Å². The molecule has 5 nitrogen and oxygen atoms in total. The standard InChI is InChI=1S/C15H24N4O/c1-3-13-11(9-19(2)18-13)8-17-15(20)14-12-6-4-5-10(12)7-16-14/h9-10,12,14,16H,3-8H2,1-2H3,(H,17,20). The van der Waals surface area contributed by atoms with Crippen molar-refractivity contribution in [3.63, 3.8) is 0 Å². The number of amides is 1. The number of aryl methyl sites for hydroxylation is 2. The molecule has 2 aliphatic rings. The van der Waals surface area contributed by atoms with Crippen LogP contribution in [0.5, 0.6) is 0 Å². The Kier molecular flexibility index (Phi) is 3.78. The van der Waals surface area contributed by atoms with Gasteiger partial charge < -0.3 is 10.6 Å². The molecular weight excluding hydrogens is 252 g/mol. The van der Waals surface area contributed by atoms with E-state index in [0.29, 0.717) is 12.5 Å². The first-order valence-electron chi connectivity index (χ1n) is 7.71. The lowest BCUT2D eigenvalue weighted by atomic mass is 9.93. The summed E-state index contributed by atoms with van der Waals surface area (Å²) in [6, 6.07) is 0.0178. The molecule has 1 aliphatic carbocycles. The van der Waals surface area contributed by atoms with Gasteiger partial charge in [-0.1, -0.05) is 13.3 Å². The lowest BCUT2D eigenvalue weighted by Crippen LogP contribution is -2.43. The molecule has 5 heteroatoms. The molecule has 2 heterocycles. The average Bonchev–Trinajstić information content (AvgIpc) is 3.09. The molecule has 1 amide bonds. The predicted octanol–water partition coefficient (Wildman–Crippen LogP) is 0.987. The molecule has 3 atom stereocenters. The molecule has 3 unspecified atom stereocenters. The summed E-state index contributed by atoms with van der Waals surface area (Å²) in [5.41, 5.74) is 2.20. The van der Waals surface area contributed by atoms with Crippen LogP contribution in [0.4, 0.5) is 0 Å². The summed E-state index contributed by atoms with van der Waals surface area (Å²) < 4.78 is 1.82. The Bertz CT molecular complexity index is 496. The van der Waals surface area contributed by atoms with Crippen molar-refractivity contribution in [3.05, 3.63) is 17.5 Å². The van der Waals surface area contributed by atoms with Crippen molar-refractivity contribution in [1.82, 2.24) is 20.4 Å². The minimum atomic E-state index is 0.0178. The number of nitrogens with one attached hydrogen (secondary N) is 2. The monoisotopic (exact) mass is 276 g/mol. The Hall–Kier alpha value is -1.36. The summed E-state index contributed by atoms with van der Waals surface area (Å²) in [5, 5.41) is 10.9. The number of aromatic nitrogens is 2. The molecule has 0 radical (unpaired) electrons. The molecule has 1 aliphatic heterocycles. The van der Waals surface area contributed by atoms with Crippen molar-refractivity contribution in [3.8, 4) is 0 Å². The van der Waals surface area contributed by atoms with Crippen LogP contribution < -0.4 is 10.6 Å².